The maximum atomic E-state index is 12.5. The molecule has 0 radical (unpaired) electrons. The minimum absolute atomic E-state index is 0.136. The minimum Gasteiger partial charge on any atom is -0.387 e. The number of nitrogens with one attached hydrogen (secondary N) is 6. The van der Waals surface area contributed by atoms with E-state index in [2.05, 4.69) is 31.9 Å². The van der Waals surface area contributed by atoms with Crippen molar-refractivity contribution in [3.8, 4) is 0 Å². The molecule has 22 aliphatic rings. The van der Waals surface area contributed by atoms with Crippen LogP contribution < -0.4 is 31.9 Å². The Balaban J connectivity index is 0.858. The molecule has 30 atom stereocenters. The van der Waals surface area contributed by atoms with Crippen LogP contribution in [0, 0.1) is 0 Å². The molecule has 0 spiro atoms. The van der Waals surface area contributed by atoms with Gasteiger partial charge in [-0.15, -0.1) is 0 Å². The van der Waals surface area contributed by atoms with Crippen LogP contribution in [0.3, 0.4) is 0 Å². The summed E-state index contributed by atoms with van der Waals surface area (Å²) in [4.78, 5) is 0. The van der Waals surface area contributed by atoms with E-state index in [9.17, 15) is 61.3 Å². The van der Waals surface area contributed by atoms with E-state index in [1.165, 1.54) is 0 Å². The zero-order valence-electron chi connectivity index (χ0n) is 59.4. The molecule has 6 aromatic carbocycles. The Bertz CT molecular complexity index is 3000. The standard InChI is InChI=1S/C78H102N6O24/c85-55-61(91)73-97-49(37-79-31-43-19-7-1-8-20-43)67(55)103-74-62(92)56(86)69(51(98-74)39-81-33-45-23-11-3-12-24-45)105-76-64(94)58(88)71(53(100-76)41-83-35-47-27-15-5-16-28-47)107-78-66(96)60(90)72(54(102-78)42-84-36-48-29-17-6-18-30-48)108-77-65(95)59(89)70(52(101-77)40-82-34-46-25-13-4-14-26-46)106-75-63(93)57(87)68(104-73)50(99-75)38-80-32-44-21-9-2-10-22-44/h1-30,49-96H,31-42H2/t49-,50-,51-,52-,53-,54-,55-,56-,57-,58-,59-,60-,61-,62-,63-,64-,65-,66-,67-,68-,69-,70-,71-,72-,73-,74-,75-,76-,77-,78-/m1/s1. The third kappa shape index (κ3) is 19.9. The Labute approximate surface area is 625 Å². The van der Waals surface area contributed by atoms with Crippen molar-refractivity contribution in [2.75, 3.05) is 39.3 Å². The smallest absolute Gasteiger partial charge is 0.187 e. The van der Waals surface area contributed by atoms with Crippen molar-refractivity contribution in [3.05, 3.63) is 215 Å². The average molecular weight is 1510 g/mol. The molecule has 30 nitrogen and oxygen atoms in total. The molecule has 22 fully saturated rings. The van der Waals surface area contributed by atoms with Gasteiger partial charge in [-0.2, -0.15) is 0 Å². The molecule has 22 saturated heterocycles. The molecular formula is C78H102N6O24. The summed E-state index contributed by atoms with van der Waals surface area (Å²) >= 11 is 0. The molecule has 28 rings (SSSR count). The van der Waals surface area contributed by atoms with Crippen LogP contribution in [-0.2, 0) is 96.1 Å². The van der Waals surface area contributed by atoms with Crippen LogP contribution in [0.1, 0.15) is 33.4 Å². The van der Waals surface area contributed by atoms with Crippen molar-refractivity contribution in [1.29, 1.82) is 0 Å². The van der Waals surface area contributed by atoms with E-state index in [4.69, 9.17) is 56.8 Å². The number of hydrogen-bond acceptors (Lipinski definition) is 30. The topological polar surface area (TPSA) is 426 Å². The van der Waals surface area contributed by atoms with E-state index in [0.29, 0.717) is 0 Å². The van der Waals surface area contributed by atoms with Gasteiger partial charge in [0.25, 0.3) is 0 Å². The van der Waals surface area contributed by atoms with Crippen molar-refractivity contribution >= 4 is 0 Å². The van der Waals surface area contributed by atoms with E-state index in [0.717, 1.165) is 33.4 Å². The first kappa shape index (κ1) is 80.2. The second-order valence-electron chi connectivity index (χ2n) is 28.4. The van der Waals surface area contributed by atoms with Gasteiger partial charge in [0.15, 0.2) is 37.7 Å². The largest absolute Gasteiger partial charge is 0.387 e. The fraction of sp³-hybridized carbons (Fsp3) is 0.538. The van der Waals surface area contributed by atoms with E-state index < -0.39 is 184 Å². The van der Waals surface area contributed by atoms with Gasteiger partial charge in [-0.3, -0.25) is 0 Å². The predicted molar refractivity (Wildman–Crippen MR) is 382 cm³/mol. The summed E-state index contributed by atoms with van der Waals surface area (Å²) in [5.74, 6) is 0. The highest BCUT2D eigenvalue weighted by Crippen LogP contribution is 2.39. The van der Waals surface area contributed by atoms with Gasteiger partial charge in [0.2, 0.25) is 0 Å². The number of benzene rings is 6. The van der Waals surface area contributed by atoms with Gasteiger partial charge in [-0.25, -0.2) is 0 Å². The fourth-order valence-corrected chi connectivity index (χ4v) is 14.8. The molecule has 0 aliphatic carbocycles. The lowest BCUT2D eigenvalue weighted by molar-refractivity contribution is -0.399. The summed E-state index contributed by atoms with van der Waals surface area (Å²) in [6.45, 7) is 0.733. The first-order valence-electron chi connectivity index (χ1n) is 37.0. The van der Waals surface area contributed by atoms with Crippen LogP contribution >= 0.6 is 0 Å². The number of rotatable bonds is 24. The summed E-state index contributed by atoms with van der Waals surface area (Å²) in [6, 6.07) is 56.0. The minimum atomic E-state index is -2.02. The van der Waals surface area contributed by atoms with Crippen molar-refractivity contribution in [3.63, 3.8) is 0 Å². The van der Waals surface area contributed by atoms with Gasteiger partial charge in [0.1, 0.15) is 146 Å². The second kappa shape index (κ2) is 38.6. The summed E-state index contributed by atoms with van der Waals surface area (Å²) in [5.41, 5.74) is 5.15. The van der Waals surface area contributed by atoms with E-state index >= 15 is 0 Å². The Morgan fingerprint density at radius 2 is 0.306 bits per heavy atom. The first-order chi connectivity index (χ1) is 52.5. The van der Waals surface area contributed by atoms with Crippen molar-refractivity contribution in [2.45, 2.75) is 224 Å². The Hall–Kier alpha value is -5.88. The molecule has 0 aromatic heterocycles. The summed E-state index contributed by atoms with van der Waals surface area (Å²) < 4.78 is 78.9. The van der Waals surface area contributed by atoms with E-state index in [1.54, 1.807) is 0 Å². The molecule has 0 saturated carbocycles. The molecule has 12 bridgehead atoms. The normalized spacial score (nSPS) is 38.2. The lowest BCUT2D eigenvalue weighted by Gasteiger charge is -2.51. The lowest BCUT2D eigenvalue weighted by atomic mass is 9.94. The SMILES string of the molecule is O[C@@H]1[C@@H](O)[C@H]2O[C@H]3[C@H](O)[C@@H](O)[C@@H](O[C@H]4[C@H](O)[C@@H](O)[C@@H](O[C@H]5[C@H](O)[C@@H](O)[C@@H](O[C@H]6[C@H](O)[C@@H](O)[C@@H](O[C@H]7[C@H](O)[C@@H](O)[C@@H](O[C@@H]1[C@@H](CNCc1ccccc1)O2)O[C@@H]7CNCc1ccccc1)O[C@@H]6CNCc1ccccc1)O[C@@H]5CNCc1ccccc1)O[C@@H]4CNCc1ccccc1)O[C@@H]3CNCc1ccccc1. The first-order valence-corrected chi connectivity index (χ1v) is 37.0. The molecule has 30 heteroatoms. The maximum Gasteiger partial charge on any atom is 0.187 e. The van der Waals surface area contributed by atoms with Crippen LogP contribution in [0.2, 0.25) is 0 Å². The average Bonchev–Trinajstić information content (AvgIpc) is 0.772. The molecule has 6 aromatic rings. The number of aliphatic hydroxyl groups excluding tert-OH is 12. The third-order valence-corrected chi connectivity index (χ3v) is 20.7. The van der Waals surface area contributed by atoms with Crippen LogP contribution in [-0.4, -0.2) is 285 Å². The fourth-order valence-electron chi connectivity index (χ4n) is 14.8. The number of hydrogen-bond donors (Lipinski definition) is 18. The van der Waals surface area contributed by atoms with Crippen LogP contribution in [0.15, 0.2) is 182 Å². The molecule has 588 valence electrons. The molecule has 22 heterocycles. The summed E-state index contributed by atoms with van der Waals surface area (Å²) in [7, 11) is 0. The molecule has 0 amide bonds. The molecule has 22 aliphatic heterocycles. The third-order valence-electron chi connectivity index (χ3n) is 20.7. The Kier molecular flexibility index (Phi) is 28.6. The second-order valence-corrected chi connectivity index (χ2v) is 28.4. The van der Waals surface area contributed by atoms with Gasteiger partial charge >= 0.3 is 0 Å². The zero-order chi connectivity index (χ0) is 75.2. The Morgan fingerprint density at radius 3 is 0.435 bits per heavy atom. The summed E-state index contributed by atoms with van der Waals surface area (Å²) in [6.07, 6.45) is -52.4. The maximum absolute atomic E-state index is 12.5. The Morgan fingerprint density at radius 1 is 0.176 bits per heavy atom. The van der Waals surface area contributed by atoms with E-state index in [-0.39, 0.29) is 78.5 Å². The summed E-state index contributed by atoms with van der Waals surface area (Å²) in [5, 5.41) is 169. The van der Waals surface area contributed by atoms with Crippen LogP contribution in [0.4, 0.5) is 0 Å². The van der Waals surface area contributed by atoms with Crippen molar-refractivity contribution in [1.82, 2.24) is 31.9 Å². The van der Waals surface area contributed by atoms with Gasteiger partial charge in [0.05, 0.1) is 0 Å². The molecule has 18 N–H and O–H groups in total. The van der Waals surface area contributed by atoms with Gasteiger partial charge < -0.3 is 150 Å². The number of aliphatic hydroxyl groups is 12. The highest BCUT2D eigenvalue weighted by molar-refractivity contribution is 5.19. The van der Waals surface area contributed by atoms with Crippen LogP contribution in [0.5, 0.6) is 0 Å². The van der Waals surface area contributed by atoms with Gasteiger partial charge in [-0.05, 0) is 33.4 Å². The zero-order valence-corrected chi connectivity index (χ0v) is 59.4. The van der Waals surface area contributed by atoms with Crippen LogP contribution in [0.25, 0.3) is 0 Å². The molecular weight excluding hydrogens is 1400 g/mol. The monoisotopic (exact) mass is 1510 g/mol. The predicted octanol–water partition coefficient (Wildman–Crippen LogP) is -2.27. The molecule has 0 unspecified atom stereocenters. The quantitative estimate of drug-likeness (QED) is 0.0304. The van der Waals surface area contributed by atoms with Gasteiger partial charge in [0, 0.05) is 78.5 Å². The van der Waals surface area contributed by atoms with Gasteiger partial charge in [-0.1, -0.05) is 182 Å². The highest BCUT2D eigenvalue weighted by atomic mass is 16.8. The highest BCUT2D eigenvalue weighted by Gasteiger charge is 2.59. The van der Waals surface area contributed by atoms with Crippen molar-refractivity contribution < 1.29 is 118 Å². The van der Waals surface area contributed by atoms with E-state index in [1.807, 2.05) is 182 Å². The lowest BCUT2D eigenvalue weighted by Crippen LogP contribution is -2.70. The number of ether oxygens (including phenoxy) is 12. The van der Waals surface area contributed by atoms with Crippen molar-refractivity contribution in [2.24, 2.45) is 0 Å². The molecule has 108 heavy (non-hydrogen) atoms.